The standard InChI is InChI=1S/C16H24ClNS/c1-3-18-14(15-6-10(2)16(17)19-15)9-13-8-11-4-5-12(13)7-11/h6,11-14,18H,3-5,7-9H2,1-2H3. The monoisotopic (exact) mass is 297 g/mol. The van der Waals surface area contributed by atoms with Gasteiger partial charge in [0, 0.05) is 10.9 Å². The number of fused-ring (bicyclic) bond motifs is 2. The van der Waals surface area contributed by atoms with Crippen molar-refractivity contribution in [2.45, 2.75) is 52.0 Å². The number of rotatable bonds is 5. The highest BCUT2D eigenvalue weighted by molar-refractivity contribution is 7.16. The highest BCUT2D eigenvalue weighted by atomic mass is 35.5. The van der Waals surface area contributed by atoms with E-state index in [-0.39, 0.29) is 0 Å². The number of aryl methyl sites for hydroxylation is 1. The molecule has 2 bridgehead atoms. The fourth-order valence-electron chi connectivity index (χ4n) is 4.17. The van der Waals surface area contributed by atoms with Gasteiger partial charge in [0.15, 0.2) is 0 Å². The van der Waals surface area contributed by atoms with Crippen molar-refractivity contribution in [1.29, 1.82) is 0 Å². The first-order valence-electron chi connectivity index (χ1n) is 7.66. The topological polar surface area (TPSA) is 12.0 Å². The summed E-state index contributed by atoms with van der Waals surface area (Å²) in [5.41, 5.74) is 1.23. The SMILES string of the molecule is CCNC(CC1CC2CCC1C2)c1cc(C)c(Cl)s1. The second-order valence-electron chi connectivity index (χ2n) is 6.39. The number of hydrogen-bond donors (Lipinski definition) is 1. The highest BCUT2D eigenvalue weighted by Crippen LogP contribution is 2.51. The molecule has 3 rings (SSSR count). The van der Waals surface area contributed by atoms with Gasteiger partial charge in [0.1, 0.15) is 0 Å². The van der Waals surface area contributed by atoms with E-state index < -0.39 is 0 Å². The zero-order chi connectivity index (χ0) is 13.4. The molecule has 0 aliphatic heterocycles. The minimum Gasteiger partial charge on any atom is -0.310 e. The van der Waals surface area contributed by atoms with Crippen LogP contribution in [0.5, 0.6) is 0 Å². The molecule has 0 radical (unpaired) electrons. The molecule has 19 heavy (non-hydrogen) atoms. The van der Waals surface area contributed by atoms with Crippen LogP contribution < -0.4 is 5.32 Å². The van der Waals surface area contributed by atoms with Crippen molar-refractivity contribution in [2.24, 2.45) is 17.8 Å². The van der Waals surface area contributed by atoms with Crippen LogP contribution in [0.4, 0.5) is 0 Å². The molecule has 2 saturated carbocycles. The fraction of sp³-hybridized carbons (Fsp3) is 0.750. The van der Waals surface area contributed by atoms with Crippen LogP contribution in [0.15, 0.2) is 6.07 Å². The van der Waals surface area contributed by atoms with Crippen LogP contribution in [-0.2, 0) is 0 Å². The van der Waals surface area contributed by atoms with Crippen LogP contribution in [0.2, 0.25) is 4.34 Å². The Bertz CT molecular complexity index is 422. The molecule has 2 aliphatic carbocycles. The first kappa shape index (κ1) is 13.9. The van der Waals surface area contributed by atoms with Gasteiger partial charge in [-0.3, -0.25) is 0 Å². The molecule has 2 fully saturated rings. The van der Waals surface area contributed by atoms with Crippen LogP contribution in [0, 0.1) is 24.7 Å². The third-order valence-corrected chi connectivity index (χ3v) is 6.76. The maximum atomic E-state index is 6.24. The predicted molar refractivity (Wildman–Crippen MR) is 84.0 cm³/mol. The van der Waals surface area contributed by atoms with Crippen molar-refractivity contribution in [1.82, 2.24) is 5.32 Å². The van der Waals surface area contributed by atoms with Crippen molar-refractivity contribution >= 4 is 22.9 Å². The molecule has 4 atom stereocenters. The Morgan fingerprint density at radius 1 is 1.42 bits per heavy atom. The van der Waals surface area contributed by atoms with E-state index in [9.17, 15) is 0 Å². The quantitative estimate of drug-likeness (QED) is 0.789. The molecule has 1 aromatic rings. The molecule has 0 saturated heterocycles. The van der Waals surface area contributed by atoms with Crippen molar-refractivity contribution in [3.63, 3.8) is 0 Å². The lowest BCUT2D eigenvalue weighted by atomic mass is 9.84. The summed E-state index contributed by atoms with van der Waals surface area (Å²) in [6.07, 6.45) is 7.28. The third-order valence-electron chi connectivity index (χ3n) is 5.09. The summed E-state index contributed by atoms with van der Waals surface area (Å²) in [5, 5.41) is 3.68. The zero-order valence-corrected chi connectivity index (χ0v) is 13.5. The van der Waals surface area contributed by atoms with E-state index in [0.29, 0.717) is 6.04 Å². The largest absolute Gasteiger partial charge is 0.310 e. The minimum absolute atomic E-state index is 0.519. The average Bonchev–Trinajstić information content (AvgIpc) is 3.06. The summed E-state index contributed by atoms with van der Waals surface area (Å²) in [5.74, 6) is 3.01. The van der Waals surface area contributed by atoms with E-state index >= 15 is 0 Å². The Labute approximate surface area is 125 Å². The molecule has 0 spiro atoms. The Balaban J connectivity index is 1.70. The van der Waals surface area contributed by atoms with E-state index in [1.165, 1.54) is 42.5 Å². The molecule has 3 heteroatoms. The van der Waals surface area contributed by atoms with Crippen LogP contribution in [0.25, 0.3) is 0 Å². The van der Waals surface area contributed by atoms with Crippen molar-refractivity contribution < 1.29 is 0 Å². The first-order valence-corrected chi connectivity index (χ1v) is 8.86. The number of halogens is 1. The lowest BCUT2D eigenvalue weighted by molar-refractivity contribution is 0.282. The van der Waals surface area contributed by atoms with Crippen LogP contribution in [0.1, 0.15) is 55.5 Å². The van der Waals surface area contributed by atoms with Crippen LogP contribution in [-0.4, -0.2) is 6.54 Å². The normalized spacial score (nSPS) is 31.0. The van der Waals surface area contributed by atoms with E-state index in [0.717, 1.165) is 28.6 Å². The van der Waals surface area contributed by atoms with Gasteiger partial charge in [-0.05, 0) is 68.5 Å². The molecule has 1 nitrogen and oxygen atoms in total. The minimum atomic E-state index is 0.519. The van der Waals surface area contributed by atoms with E-state index in [4.69, 9.17) is 11.6 Å². The highest BCUT2D eigenvalue weighted by Gasteiger charge is 2.40. The summed E-state index contributed by atoms with van der Waals surface area (Å²) in [7, 11) is 0. The van der Waals surface area contributed by atoms with Gasteiger partial charge in [0.05, 0.1) is 4.34 Å². The summed E-state index contributed by atoms with van der Waals surface area (Å²) < 4.78 is 0.964. The van der Waals surface area contributed by atoms with E-state index in [1.807, 2.05) is 0 Å². The summed E-state index contributed by atoms with van der Waals surface area (Å²) >= 11 is 8.01. The molecule has 106 valence electrons. The Kier molecular flexibility index (Phi) is 4.21. The third kappa shape index (κ3) is 2.86. The Hall–Kier alpha value is -0.0500. The molecule has 1 heterocycles. The van der Waals surface area contributed by atoms with Gasteiger partial charge >= 0.3 is 0 Å². The van der Waals surface area contributed by atoms with Gasteiger partial charge in [-0.25, -0.2) is 0 Å². The molecule has 4 unspecified atom stereocenters. The predicted octanol–water partition coefficient (Wildman–Crippen LogP) is 5.19. The molecule has 0 aromatic carbocycles. The number of nitrogens with one attached hydrogen (secondary N) is 1. The maximum Gasteiger partial charge on any atom is 0.0960 e. The number of hydrogen-bond acceptors (Lipinski definition) is 2. The molecular weight excluding hydrogens is 274 g/mol. The maximum absolute atomic E-state index is 6.24. The van der Waals surface area contributed by atoms with Crippen LogP contribution >= 0.6 is 22.9 Å². The fourth-order valence-corrected chi connectivity index (χ4v) is 5.48. The lowest BCUT2D eigenvalue weighted by Gasteiger charge is -2.26. The summed E-state index contributed by atoms with van der Waals surface area (Å²) in [4.78, 5) is 1.44. The lowest BCUT2D eigenvalue weighted by Crippen LogP contribution is -2.24. The van der Waals surface area contributed by atoms with Gasteiger partial charge in [-0.2, -0.15) is 0 Å². The second kappa shape index (κ2) is 5.75. The molecule has 0 amide bonds. The van der Waals surface area contributed by atoms with Crippen molar-refractivity contribution in [3.05, 3.63) is 20.8 Å². The Morgan fingerprint density at radius 2 is 2.26 bits per heavy atom. The van der Waals surface area contributed by atoms with Crippen LogP contribution in [0.3, 0.4) is 0 Å². The van der Waals surface area contributed by atoms with Gasteiger partial charge < -0.3 is 5.32 Å². The zero-order valence-electron chi connectivity index (χ0n) is 11.9. The molecule has 1 aromatic heterocycles. The van der Waals surface area contributed by atoms with Gasteiger partial charge in [0.25, 0.3) is 0 Å². The van der Waals surface area contributed by atoms with Crippen molar-refractivity contribution in [2.75, 3.05) is 6.54 Å². The summed E-state index contributed by atoms with van der Waals surface area (Å²) in [6.45, 7) is 5.36. The average molecular weight is 298 g/mol. The molecule has 1 N–H and O–H groups in total. The van der Waals surface area contributed by atoms with Gasteiger partial charge in [-0.1, -0.05) is 24.9 Å². The Morgan fingerprint density at radius 3 is 2.79 bits per heavy atom. The van der Waals surface area contributed by atoms with Gasteiger partial charge in [-0.15, -0.1) is 11.3 Å². The van der Waals surface area contributed by atoms with E-state index in [1.54, 1.807) is 11.3 Å². The summed E-state index contributed by atoms with van der Waals surface area (Å²) in [6, 6.07) is 2.80. The first-order chi connectivity index (χ1) is 9.17. The number of thiophene rings is 1. The van der Waals surface area contributed by atoms with Gasteiger partial charge in [0.2, 0.25) is 0 Å². The van der Waals surface area contributed by atoms with E-state index in [2.05, 4.69) is 25.2 Å². The molecular formula is C16H24ClNS. The van der Waals surface area contributed by atoms with Crippen molar-refractivity contribution in [3.8, 4) is 0 Å². The molecule has 2 aliphatic rings. The second-order valence-corrected chi connectivity index (χ2v) is 8.07. The smallest absolute Gasteiger partial charge is 0.0960 e.